The van der Waals surface area contributed by atoms with E-state index >= 15 is 0 Å². The molecule has 1 aliphatic heterocycles. The van der Waals surface area contributed by atoms with Crippen LogP contribution in [-0.4, -0.2) is 61.0 Å². The summed E-state index contributed by atoms with van der Waals surface area (Å²) in [5, 5.41) is 6.82. The summed E-state index contributed by atoms with van der Waals surface area (Å²) in [6.07, 6.45) is 0.927. The molecule has 6 nitrogen and oxygen atoms in total. The number of benzene rings is 1. The van der Waals surface area contributed by atoms with Crippen molar-refractivity contribution < 1.29 is 9.59 Å². The molecule has 1 aromatic rings. The van der Waals surface area contributed by atoms with Crippen LogP contribution in [0.5, 0.6) is 0 Å². The Balaban J connectivity index is 1.78. The van der Waals surface area contributed by atoms with Gasteiger partial charge in [-0.2, -0.15) is 0 Å². The number of carbonyl (C=O) groups is 2. The normalized spacial score (nSPS) is 16.2. The zero-order valence-corrected chi connectivity index (χ0v) is 16.7. The molecule has 1 fully saturated rings. The van der Waals surface area contributed by atoms with E-state index in [4.69, 9.17) is 23.2 Å². The molecule has 0 aliphatic carbocycles. The average molecular weight is 401 g/mol. The number of urea groups is 1. The number of rotatable bonds is 6. The van der Waals surface area contributed by atoms with Gasteiger partial charge in [0.2, 0.25) is 5.91 Å². The highest BCUT2D eigenvalue weighted by atomic mass is 35.5. The van der Waals surface area contributed by atoms with Gasteiger partial charge < -0.3 is 15.5 Å². The third-order valence-corrected chi connectivity index (χ3v) is 5.12. The molecule has 0 spiro atoms. The van der Waals surface area contributed by atoms with Crippen LogP contribution >= 0.6 is 23.2 Å². The number of amides is 3. The summed E-state index contributed by atoms with van der Waals surface area (Å²) in [4.78, 5) is 28.1. The van der Waals surface area contributed by atoms with Crippen molar-refractivity contribution >= 4 is 35.1 Å². The minimum Gasteiger partial charge on any atom is -0.355 e. The molecule has 0 radical (unpaired) electrons. The van der Waals surface area contributed by atoms with Gasteiger partial charge >= 0.3 is 6.03 Å². The summed E-state index contributed by atoms with van der Waals surface area (Å²) in [7, 11) is 0. The van der Waals surface area contributed by atoms with Crippen LogP contribution in [0.4, 0.5) is 4.79 Å². The Kier molecular flexibility index (Phi) is 8.00. The first kappa shape index (κ1) is 20.8. The number of carbonyl (C=O) groups excluding carboxylic acids is 2. The number of halogens is 2. The molecule has 1 unspecified atom stereocenters. The molecular weight excluding hydrogens is 375 g/mol. The van der Waals surface area contributed by atoms with Gasteiger partial charge in [0, 0.05) is 32.7 Å². The molecule has 3 amide bonds. The third kappa shape index (κ3) is 6.04. The van der Waals surface area contributed by atoms with E-state index < -0.39 is 0 Å². The topological polar surface area (TPSA) is 64.7 Å². The lowest BCUT2D eigenvalue weighted by Gasteiger charge is -2.35. The van der Waals surface area contributed by atoms with Crippen LogP contribution < -0.4 is 10.6 Å². The Morgan fingerprint density at radius 1 is 1.15 bits per heavy atom. The SMILES string of the molecule is CCCNC(=O)CN1CCN(C(=O)NC(C)c2ccc(Cl)c(Cl)c2)CC1. The van der Waals surface area contributed by atoms with Gasteiger partial charge in [0.15, 0.2) is 0 Å². The molecule has 1 aliphatic rings. The Hall–Kier alpha value is -1.50. The lowest BCUT2D eigenvalue weighted by Crippen LogP contribution is -2.53. The average Bonchev–Trinajstić information content (AvgIpc) is 2.62. The van der Waals surface area contributed by atoms with Crippen LogP contribution in [0.2, 0.25) is 10.0 Å². The molecular formula is C18H26Cl2N4O2. The lowest BCUT2D eigenvalue weighted by molar-refractivity contribution is -0.122. The Morgan fingerprint density at radius 3 is 2.46 bits per heavy atom. The van der Waals surface area contributed by atoms with Crippen molar-refractivity contribution in [1.29, 1.82) is 0 Å². The van der Waals surface area contributed by atoms with Gasteiger partial charge in [0.05, 0.1) is 22.6 Å². The monoisotopic (exact) mass is 400 g/mol. The van der Waals surface area contributed by atoms with Crippen molar-refractivity contribution in [3.05, 3.63) is 33.8 Å². The maximum absolute atomic E-state index is 12.5. The van der Waals surface area contributed by atoms with E-state index in [2.05, 4.69) is 15.5 Å². The van der Waals surface area contributed by atoms with Gasteiger partial charge in [-0.05, 0) is 31.0 Å². The summed E-state index contributed by atoms with van der Waals surface area (Å²) in [6, 6.07) is 5.06. The highest BCUT2D eigenvalue weighted by molar-refractivity contribution is 6.42. The van der Waals surface area contributed by atoms with Crippen LogP contribution in [-0.2, 0) is 4.79 Å². The summed E-state index contributed by atoms with van der Waals surface area (Å²) in [5.74, 6) is 0.0398. The molecule has 2 rings (SSSR count). The number of nitrogens with zero attached hydrogens (tertiary/aromatic N) is 2. The largest absolute Gasteiger partial charge is 0.355 e. The summed E-state index contributed by atoms with van der Waals surface area (Å²) < 4.78 is 0. The van der Waals surface area contributed by atoms with Crippen LogP contribution in [0.15, 0.2) is 18.2 Å². The fourth-order valence-corrected chi connectivity index (χ4v) is 3.08. The van der Waals surface area contributed by atoms with E-state index in [-0.39, 0.29) is 18.0 Å². The molecule has 0 saturated carbocycles. The smallest absolute Gasteiger partial charge is 0.317 e. The van der Waals surface area contributed by atoms with Crippen LogP contribution in [0.3, 0.4) is 0 Å². The first-order valence-corrected chi connectivity index (χ1v) is 9.65. The van der Waals surface area contributed by atoms with Gasteiger partial charge in [-0.15, -0.1) is 0 Å². The Labute approximate surface area is 164 Å². The summed E-state index contributed by atoms with van der Waals surface area (Å²) in [6.45, 7) is 7.59. The van der Waals surface area contributed by atoms with Crippen LogP contribution in [0.1, 0.15) is 31.9 Å². The fourth-order valence-electron chi connectivity index (χ4n) is 2.77. The predicted octanol–water partition coefficient (Wildman–Crippen LogP) is 2.91. The molecule has 8 heteroatoms. The van der Waals surface area contributed by atoms with E-state index in [0.29, 0.717) is 49.3 Å². The molecule has 0 aromatic heterocycles. The first-order valence-electron chi connectivity index (χ1n) is 8.90. The fraction of sp³-hybridized carbons (Fsp3) is 0.556. The molecule has 1 atom stereocenters. The molecule has 144 valence electrons. The first-order chi connectivity index (χ1) is 12.4. The maximum Gasteiger partial charge on any atom is 0.317 e. The molecule has 0 bridgehead atoms. The summed E-state index contributed by atoms with van der Waals surface area (Å²) >= 11 is 12.0. The van der Waals surface area contributed by atoms with Crippen molar-refractivity contribution in [2.45, 2.75) is 26.3 Å². The molecule has 2 N–H and O–H groups in total. The number of hydrogen-bond donors (Lipinski definition) is 2. The van der Waals surface area contributed by atoms with E-state index in [1.807, 2.05) is 19.9 Å². The second-order valence-electron chi connectivity index (χ2n) is 6.46. The second kappa shape index (κ2) is 10.00. The standard InChI is InChI=1S/C18H26Cl2N4O2/c1-3-6-21-17(25)12-23-7-9-24(10-8-23)18(26)22-13(2)14-4-5-15(19)16(20)11-14/h4-5,11,13H,3,6-10,12H2,1-2H3,(H,21,25)(H,22,26). The van der Waals surface area contributed by atoms with Gasteiger partial charge in [-0.25, -0.2) is 4.79 Å². The van der Waals surface area contributed by atoms with Crippen molar-refractivity contribution in [3.63, 3.8) is 0 Å². The number of piperazine rings is 1. The number of hydrogen-bond acceptors (Lipinski definition) is 3. The van der Waals surface area contributed by atoms with E-state index in [0.717, 1.165) is 12.0 Å². The van der Waals surface area contributed by atoms with E-state index in [9.17, 15) is 9.59 Å². The van der Waals surface area contributed by atoms with Crippen LogP contribution in [0.25, 0.3) is 0 Å². The maximum atomic E-state index is 12.5. The minimum atomic E-state index is -0.171. The zero-order valence-electron chi connectivity index (χ0n) is 15.2. The van der Waals surface area contributed by atoms with Gasteiger partial charge in [-0.3, -0.25) is 9.69 Å². The zero-order chi connectivity index (χ0) is 19.1. The van der Waals surface area contributed by atoms with E-state index in [1.165, 1.54) is 0 Å². The van der Waals surface area contributed by atoms with Crippen molar-refractivity contribution in [1.82, 2.24) is 20.4 Å². The quantitative estimate of drug-likeness (QED) is 0.771. The number of nitrogens with one attached hydrogen (secondary N) is 2. The highest BCUT2D eigenvalue weighted by Crippen LogP contribution is 2.25. The van der Waals surface area contributed by atoms with E-state index in [1.54, 1.807) is 17.0 Å². The third-order valence-electron chi connectivity index (χ3n) is 4.38. The molecule has 26 heavy (non-hydrogen) atoms. The highest BCUT2D eigenvalue weighted by Gasteiger charge is 2.23. The summed E-state index contributed by atoms with van der Waals surface area (Å²) in [5.41, 5.74) is 0.902. The Morgan fingerprint density at radius 2 is 1.85 bits per heavy atom. The lowest BCUT2D eigenvalue weighted by atomic mass is 10.1. The Bertz CT molecular complexity index is 634. The van der Waals surface area contributed by atoms with Gasteiger partial charge in [0.25, 0.3) is 0 Å². The second-order valence-corrected chi connectivity index (χ2v) is 7.27. The molecule has 1 heterocycles. The van der Waals surface area contributed by atoms with Crippen molar-refractivity contribution in [3.8, 4) is 0 Å². The van der Waals surface area contributed by atoms with Gasteiger partial charge in [0.1, 0.15) is 0 Å². The van der Waals surface area contributed by atoms with Crippen molar-refractivity contribution in [2.75, 3.05) is 39.3 Å². The molecule has 1 aromatic carbocycles. The van der Waals surface area contributed by atoms with Gasteiger partial charge in [-0.1, -0.05) is 36.2 Å². The van der Waals surface area contributed by atoms with Crippen LogP contribution in [0, 0.1) is 0 Å². The minimum absolute atomic E-state index is 0.0398. The molecule has 1 saturated heterocycles. The predicted molar refractivity (Wildman–Crippen MR) is 105 cm³/mol. The van der Waals surface area contributed by atoms with Crippen molar-refractivity contribution in [2.24, 2.45) is 0 Å².